The molecule has 2 rings (SSSR count). The Hall–Kier alpha value is -0.390. The number of hydrogen-bond donors (Lipinski definition) is 0. The number of unbranched alkanes of at least 4 members (excludes halogenated alkanes) is 6. The van der Waals surface area contributed by atoms with E-state index in [2.05, 4.69) is 6.92 Å². The van der Waals surface area contributed by atoms with Gasteiger partial charge in [-0.05, 0) is 17.9 Å². The van der Waals surface area contributed by atoms with Gasteiger partial charge in [0.15, 0.2) is 0 Å². The summed E-state index contributed by atoms with van der Waals surface area (Å²) in [5.74, 6) is 0. The number of fused-ring (bicyclic) bond motifs is 1. The van der Waals surface area contributed by atoms with Crippen LogP contribution in [0.1, 0.15) is 53.3 Å². The van der Waals surface area contributed by atoms with Gasteiger partial charge in [-0.2, -0.15) is 8.42 Å². The largest absolute Gasteiger partial charge is 1.00 e. The van der Waals surface area contributed by atoms with Crippen LogP contribution in [0.4, 0.5) is 0 Å². The van der Waals surface area contributed by atoms with E-state index in [4.69, 9.17) is 4.18 Å². The molecule has 0 bridgehead atoms. The van der Waals surface area contributed by atoms with E-state index in [0.717, 1.165) is 30.0 Å². The maximum atomic E-state index is 12.4. The summed E-state index contributed by atoms with van der Waals surface area (Å²) in [4.78, 5) is 0.263. The summed E-state index contributed by atoms with van der Waals surface area (Å²) in [5, 5.41) is 1.63. The molecule has 2 aromatic rings. The molecule has 0 heterocycles. The van der Waals surface area contributed by atoms with Crippen LogP contribution in [0, 0.1) is 0 Å². The van der Waals surface area contributed by atoms with Gasteiger partial charge in [0.05, 0.1) is 6.61 Å². The summed E-state index contributed by atoms with van der Waals surface area (Å²) in [6.45, 7) is 2.46. The molecule has 2 aromatic carbocycles. The fourth-order valence-electron chi connectivity index (χ4n) is 2.70. The van der Waals surface area contributed by atoms with Crippen molar-refractivity contribution in [3.05, 3.63) is 42.5 Å². The molecule has 3 nitrogen and oxygen atoms in total. The van der Waals surface area contributed by atoms with Crippen LogP contribution in [0.5, 0.6) is 0 Å². The fraction of sp³-hybridized carbons (Fsp3) is 0.474. The minimum atomic E-state index is -3.69. The molecule has 0 N–H and O–H groups in total. The van der Waals surface area contributed by atoms with E-state index in [1.165, 1.54) is 25.7 Å². The van der Waals surface area contributed by atoms with E-state index in [1.807, 2.05) is 30.3 Å². The molecule has 0 saturated carbocycles. The third-order valence-electron chi connectivity index (χ3n) is 4.01. The topological polar surface area (TPSA) is 43.4 Å². The van der Waals surface area contributed by atoms with Crippen LogP contribution in [0.3, 0.4) is 0 Å². The van der Waals surface area contributed by atoms with E-state index in [1.54, 1.807) is 12.1 Å². The first-order valence-corrected chi connectivity index (χ1v) is 9.93. The Labute approximate surface area is 169 Å². The molecule has 0 aromatic heterocycles. The van der Waals surface area contributed by atoms with Crippen molar-refractivity contribution >= 4 is 20.9 Å². The summed E-state index contributed by atoms with van der Waals surface area (Å²) < 4.78 is 30.0. The van der Waals surface area contributed by atoms with Gasteiger partial charge in [0.25, 0.3) is 10.1 Å². The van der Waals surface area contributed by atoms with Crippen LogP contribution < -0.4 is 29.6 Å². The monoisotopic (exact) mass is 358 g/mol. The van der Waals surface area contributed by atoms with Gasteiger partial charge in [-0.25, -0.2) is 0 Å². The Morgan fingerprint density at radius 2 is 1.50 bits per heavy atom. The summed E-state index contributed by atoms with van der Waals surface area (Å²) >= 11 is 0. The van der Waals surface area contributed by atoms with Crippen LogP contribution in [0.2, 0.25) is 0 Å². The van der Waals surface area contributed by atoms with Crippen molar-refractivity contribution in [1.29, 1.82) is 0 Å². The van der Waals surface area contributed by atoms with Crippen LogP contribution in [0.25, 0.3) is 10.8 Å². The molecule has 0 aliphatic carbocycles. The smallest absolute Gasteiger partial charge is 1.00 e. The third-order valence-corrected chi connectivity index (χ3v) is 5.38. The molecule has 128 valence electrons. The van der Waals surface area contributed by atoms with Crippen molar-refractivity contribution in [3.63, 3.8) is 0 Å². The molecule has 0 fully saturated rings. The van der Waals surface area contributed by atoms with Crippen LogP contribution in [0.15, 0.2) is 47.4 Å². The Balaban J connectivity index is 0.00000288. The fourth-order valence-corrected chi connectivity index (χ4v) is 3.87. The average molecular weight is 358 g/mol. The molecular formula is C19H27NaO3S. The standard InChI is InChI=1S/C19H26O3S.Na.H/c1-2-3-4-5-6-7-10-16-22-23(20,21)19-15-11-13-17-12-8-9-14-18(17)19;;/h8-9,11-15H,2-7,10,16H2,1H3;;/q;+1;-1. The van der Waals surface area contributed by atoms with Crippen LogP contribution >= 0.6 is 0 Å². The summed E-state index contributed by atoms with van der Waals surface area (Å²) in [6.07, 6.45) is 7.98. The Morgan fingerprint density at radius 3 is 2.25 bits per heavy atom. The van der Waals surface area contributed by atoms with Gasteiger partial charge >= 0.3 is 29.6 Å². The predicted octanol–water partition coefficient (Wildman–Crippen LogP) is 2.41. The second-order valence-corrected chi connectivity index (χ2v) is 7.46. The Morgan fingerprint density at radius 1 is 0.875 bits per heavy atom. The quantitative estimate of drug-likeness (QED) is 0.372. The van der Waals surface area contributed by atoms with E-state index in [0.29, 0.717) is 0 Å². The third kappa shape index (κ3) is 6.49. The zero-order chi connectivity index (χ0) is 16.5. The minimum absolute atomic E-state index is 0. The van der Waals surface area contributed by atoms with Crippen molar-refractivity contribution < 1.29 is 43.6 Å². The zero-order valence-electron chi connectivity index (χ0n) is 15.8. The molecule has 0 aliphatic rings. The van der Waals surface area contributed by atoms with Gasteiger partial charge in [0.1, 0.15) is 4.90 Å². The Bertz CT molecular complexity index is 714. The predicted molar refractivity (Wildman–Crippen MR) is 96.2 cm³/mol. The van der Waals surface area contributed by atoms with Crippen molar-refractivity contribution in [2.24, 2.45) is 0 Å². The molecule has 0 spiro atoms. The summed E-state index contributed by atoms with van der Waals surface area (Å²) in [5.41, 5.74) is 0. The second kappa shape index (κ2) is 11.3. The van der Waals surface area contributed by atoms with Crippen molar-refractivity contribution in [1.82, 2.24) is 0 Å². The van der Waals surface area contributed by atoms with Crippen molar-refractivity contribution in [2.75, 3.05) is 6.61 Å². The molecule has 0 radical (unpaired) electrons. The van der Waals surface area contributed by atoms with Gasteiger partial charge in [0.2, 0.25) is 0 Å². The number of rotatable bonds is 10. The second-order valence-electron chi connectivity index (χ2n) is 5.87. The van der Waals surface area contributed by atoms with Gasteiger partial charge in [0, 0.05) is 5.39 Å². The van der Waals surface area contributed by atoms with Crippen molar-refractivity contribution in [2.45, 2.75) is 56.8 Å². The van der Waals surface area contributed by atoms with E-state index >= 15 is 0 Å². The molecule has 5 heteroatoms. The first kappa shape index (κ1) is 21.7. The van der Waals surface area contributed by atoms with Gasteiger partial charge in [-0.1, -0.05) is 81.8 Å². The van der Waals surface area contributed by atoms with E-state index in [9.17, 15) is 8.42 Å². The molecular weight excluding hydrogens is 331 g/mol. The maximum absolute atomic E-state index is 12.4. The molecule has 0 atom stereocenters. The molecule has 0 aliphatic heterocycles. The first-order chi connectivity index (χ1) is 11.1. The molecule has 0 saturated heterocycles. The zero-order valence-corrected chi connectivity index (χ0v) is 17.6. The van der Waals surface area contributed by atoms with E-state index in [-0.39, 0.29) is 42.5 Å². The molecule has 24 heavy (non-hydrogen) atoms. The minimum Gasteiger partial charge on any atom is -1.00 e. The van der Waals surface area contributed by atoms with Crippen LogP contribution in [-0.4, -0.2) is 15.0 Å². The van der Waals surface area contributed by atoms with Gasteiger partial charge in [-0.15, -0.1) is 0 Å². The Kier molecular flexibility index (Phi) is 10.2. The van der Waals surface area contributed by atoms with E-state index < -0.39 is 10.1 Å². The number of benzene rings is 2. The number of hydrogen-bond acceptors (Lipinski definition) is 3. The summed E-state index contributed by atoms with van der Waals surface area (Å²) in [6, 6.07) is 12.7. The normalized spacial score (nSPS) is 11.4. The average Bonchev–Trinajstić information content (AvgIpc) is 2.56. The molecule has 0 unspecified atom stereocenters. The van der Waals surface area contributed by atoms with Crippen molar-refractivity contribution in [3.8, 4) is 0 Å². The van der Waals surface area contributed by atoms with Gasteiger partial charge in [-0.3, -0.25) is 4.18 Å². The maximum Gasteiger partial charge on any atom is 1.00 e. The van der Waals surface area contributed by atoms with Crippen LogP contribution in [-0.2, 0) is 14.3 Å². The SMILES string of the molecule is CCCCCCCCCOS(=O)(=O)c1cccc2ccccc12.[H-].[Na+]. The molecule has 0 amide bonds. The first-order valence-electron chi connectivity index (χ1n) is 8.52. The summed E-state index contributed by atoms with van der Waals surface area (Å²) in [7, 11) is -3.69. The van der Waals surface area contributed by atoms with Gasteiger partial charge < -0.3 is 1.43 Å².